The quantitative estimate of drug-likeness (QED) is 0.228. The maximum Gasteiger partial charge on any atom is 0.297 e. The number of nitrogens with zero attached hydrogens (tertiary/aromatic N) is 2. The van der Waals surface area contributed by atoms with Gasteiger partial charge in [-0.2, -0.15) is 0 Å². The molecule has 36 heavy (non-hydrogen) atoms. The van der Waals surface area contributed by atoms with Crippen LogP contribution in [0, 0.1) is 13.8 Å². The number of benzene rings is 2. The van der Waals surface area contributed by atoms with Crippen molar-refractivity contribution >= 4 is 44.9 Å². The second-order valence-electron chi connectivity index (χ2n) is 9.01. The van der Waals surface area contributed by atoms with Crippen molar-refractivity contribution in [3.8, 4) is 5.75 Å². The van der Waals surface area contributed by atoms with Gasteiger partial charge in [0, 0.05) is 9.90 Å². The van der Waals surface area contributed by atoms with E-state index in [2.05, 4.69) is 11.9 Å². The van der Waals surface area contributed by atoms with Crippen molar-refractivity contribution in [3.05, 3.63) is 85.2 Å². The summed E-state index contributed by atoms with van der Waals surface area (Å²) >= 11 is 7.60. The largest absolute Gasteiger partial charge is 0.494 e. The number of anilines is 1. The van der Waals surface area contributed by atoms with Crippen LogP contribution in [0.25, 0.3) is 11.0 Å². The average Bonchev–Trinajstić information content (AvgIpc) is 3.35. The molecular weight excluding hydrogens is 496 g/mol. The summed E-state index contributed by atoms with van der Waals surface area (Å²) < 4.78 is 11.9. The van der Waals surface area contributed by atoms with Crippen LogP contribution in [0.4, 0.5) is 5.13 Å². The van der Waals surface area contributed by atoms with Crippen LogP contribution in [0.3, 0.4) is 0 Å². The van der Waals surface area contributed by atoms with E-state index in [1.807, 2.05) is 38.1 Å². The van der Waals surface area contributed by atoms with Crippen LogP contribution in [0.15, 0.2) is 51.7 Å². The number of halogens is 1. The van der Waals surface area contributed by atoms with E-state index in [1.54, 1.807) is 23.1 Å². The summed E-state index contributed by atoms with van der Waals surface area (Å²) in [4.78, 5) is 34.6. The Morgan fingerprint density at radius 1 is 1.08 bits per heavy atom. The second-order valence-corrected chi connectivity index (χ2v) is 10.6. The van der Waals surface area contributed by atoms with Crippen LogP contribution >= 0.6 is 22.9 Å². The third kappa shape index (κ3) is 4.42. The molecule has 1 amide bonds. The van der Waals surface area contributed by atoms with Gasteiger partial charge in [-0.25, -0.2) is 4.98 Å². The van der Waals surface area contributed by atoms with Gasteiger partial charge in [-0.05, 0) is 56.2 Å². The van der Waals surface area contributed by atoms with Gasteiger partial charge in [-0.3, -0.25) is 14.5 Å². The van der Waals surface area contributed by atoms with Crippen molar-refractivity contribution in [1.82, 2.24) is 4.98 Å². The van der Waals surface area contributed by atoms with Gasteiger partial charge in [0.2, 0.25) is 5.76 Å². The monoisotopic (exact) mass is 522 g/mol. The maximum absolute atomic E-state index is 13.7. The highest BCUT2D eigenvalue weighted by atomic mass is 35.5. The van der Waals surface area contributed by atoms with Crippen LogP contribution in [0.1, 0.15) is 70.9 Å². The Morgan fingerprint density at radius 2 is 1.86 bits per heavy atom. The highest BCUT2D eigenvalue weighted by Gasteiger charge is 2.45. The lowest BCUT2D eigenvalue weighted by atomic mass is 9.98. The zero-order valence-electron chi connectivity index (χ0n) is 20.5. The van der Waals surface area contributed by atoms with Gasteiger partial charge in [-0.1, -0.05) is 49.9 Å². The zero-order chi connectivity index (χ0) is 25.4. The first kappa shape index (κ1) is 24.5. The molecule has 0 saturated carbocycles. The molecule has 0 radical (unpaired) electrons. The maximum atomic E-state index is 13.7. The van der Waals surface area contributed by atoms with Gasteiger partial charge in [0.25, 0.3) is 5.91 Å². The molecule has 1 aliphatic heterocycles. The number of aromatic nitrogens is 1. The SMILES string of the molecule is CCCCCCOc1ccc(C2c3c(oc4ccc(Cl)cc4c3=O)C(=O)N2c2nc(C)c(C)s2)cc1. The summed E-state index contributed by atoms with van der Waals surface area (Å²) in [5.74, 6) is 0.417. The number of aryl methyl sites for hydroxylation is 2. The van der Waals surface area contributed by atoms with E-state index in [0.717, 1.165) is 34.7 Å². The Kier molecular flexibility index (Phi) is 6.86. The highest BCUT2D eigenvalue weighted by Crippen LogP contribution is 2.43. The smallest absolute Gasteiger partial charge is 0.297 e. The first-order valence-corrected chi connectivity index (χ1v) is 13.3. The van der Waals surface area contributed by atoms with Gasteiger partial charge in [0.05, 0.1) is 29.3 Å². The molecular formula is C28H27ClN2O4S. The van der Waals surface area contributed by atoms with Gasteiger partial charge >= 0.3 is 0 Å². The molecule has 1 aliphatic rings. The molecule has 0 fully saturated rings. The van der Waals surface area contributed by atoms with Crippen LogP contribution in [0.5, 0.6) is 5.75 Å². The number of hydrogen-bond donors (Lipinski definition) is 0. The number of amides is 1. The first-order chi connectivity index (χ1) is 17.4. The molecule has 3 heterocycles. The molecule has 0 N–H and O–H groups in total. The minimum Gasteiger partial charge on any atom is -0.494 e. The van der Waals surface area contributed by atoms with E-state index in [9.17, 15) is 9.59 Å². The lowest BCUT2D eigenvalue weighted by Gasteiger charge is -2.22. The lowest BCUT2D eigenvalue weighted by molar-refractivity contribution is 0.0971. The van der Waals surface area contributed by atoms with Crippen LogP contribution in [-0.2, 0) is 0 Å². The summed E-state index contributed by atoms with van der Waals surface area (Å²) in [6.45, 7) is 6.71. The lowest BCUT2D eigenvalue weighted by Crippen LogP contribution is -2.29. The minimum atomic E-state index is -0.671. The van der Waals surface area contributed by atoms with Crippen molar-refractivity contribution in [2.75, 3.05) is 11.5 Å². The fourth-order valence-electron chi connectivity index (χ4n) is 4.48. The van der Waals surface area contributed by atoms with E-state index in [4.69, 9.17) is 20.8 Å². The van der Waals surface area contributed by atoms with Crippen molar-refractivity contribution in [2.24, 2.45) is 0 Å². The Morgan fingerprint density at radius 3 is 2.56 bits per heavy atom. The van der Waals surface area contributed by atoms with Gasteiger partial charge in [0.15, 0.2) is 10.6 Å². The molecule has 0 aliphatic carbocycles. The summed E-state index contributed by atoms with van der Waals surface area (Å²) in [7, 11) is 0. The van der Waals surface area contributed by atoms with Gasteiger partial charge < -0.3 is 9.15 Å². The highest BCUT2D eigenvalue weighted by molar-refractivity contribution is 7.15. The van der Waals surface area contributed by atoms with E-state index in [1.165, 1.54) is 24.2 Å². The standard InChI is InChI=1S/C28H27ClN2O4S/c1-4-5-6-7-14-34-20-11-8-18(9-12-20)24-23-25(32)21-15-19(29)10-13-22(21)35-26(23)27(33)31(24)28-30-16(2)17(3)36-28/h8-13,15,24H,4-7,14H2,1-3H3. The molecule has 2 aromatic heterocycles. The average molecular weight is 523 g/mol. The first-order valence-electron chi connectivity index (χ1n) is 12.2. The third-order valence-corrected chi connectivity index (χ3v) is 7.83. The van der Waals surface area contributed by atoms with E-state index < -0.39 is 6.04 Å². The van der Waals surface area contributed by atoms with Crippen LogP contribution in [0.2, 0.25) is 5.02 Å². The fraction of sp³-hybridized carbons (Fsp3) is 0.321. The number of carbonyl (C=O) groups is 1. The zero-order valence-corrected chi connectivity index (χ0v) is 22.0. The van der Waals surface area contributed by atoms with Crippen molar-refractivity contribution in [1.29, 1.82) is 0 Å². The normalized spacial score (nSPS) is 15.1. The molecule has 5 rings (SSSR count). The van der Waals surface area contributed by atoms with E-state index in [-0.39, 0.29) is 17.1 Å². The van der Waals surface area contributed by atoms with E-state index in [0.29, 0.717) is 33.3 Å². The topological polar surface area (TPSA) is 72.6 Å². The molecule has 2 aromatic carbocycles. The third-order valence-electron chi connectivity index (χ3n) is 6.52. The molecule has 0 bridgehead atoms. The molecule has 4 aromatic rings. The molecule has 186 valence electrons. The van der Waals surface area contributed by atoms with Crippen molar-refractivity contribution in [3.63, 3.8) is 0 Å². The van der Waals surface area contributed by atoms with Gasteiger partial charge in [0.1, 0.15) is 11.3 Å². The number of thiazole rings is 1. The summed E-state index contributed by atoms with van der Waals surface area (Å²) in [5, 5.41) is 1.31. The van der Waals surface area contributed by atoms with Crippen molar-refractivity contribution < 1.29 is 13.9 Å². The predicted octanol–water partition coefficient (Wildman–Crippen LogP) is 7.23. The van der Waals surface area contributed by atoms with Crippen molar-refractivity contribution in [2.45, 2.75) is 52.5 Å². The summed E-state index contributed by atoms with van der Waals surface area (Å²) in [6.07, 6.45) is 4.53. The molecule has 0 spiro atoms. The Hall–Kier alpha value is -3.16. The minimum absolute atomic E-state index is 0.0431. The number of rotatable bonds is 8. The Balaban J connectivity index is 1.58. The Bertz CT molecular complexity index is 1470. The number of hydrogen-bond acceptors (Lipinski definition) is 6. The van der Waals surface area contributed by atoms with Gasteiger partial charge in [-0.15, -0.1) is 11.3 Å². The molecule has 8 heteroatoms. The Labute approximate surface area is 218 Å². The number of ether oxygens (including phenoxy) is 1. The molecule has 1 atom stereocenters. The number of unbranched alkanes of at least 4 members (excludes halogenated alkanes) is 3. The fourth-order valence-corrected chi connectivity index (χ4v) is 5.59. The van der Waals surface area contributed by atoms with E-state index >= 15 is 0 Å². The predicted molar refractivity (Wildman–Crippen MR) is 144 cm³/mol. The molecule has 0 saturated heterocycles. The molecule has 6 nitrogen and oxygen atoms in total. The second kappa shape index (κ2) is 10.1. The number of carbonyl (C=O) groups excluding carboxylic acids is 1. The summed E-state index contributed by atoms with van der Waals surface area (Å²) in [5.41, 5.74) is 1.99. The number of fused-ring (bicyclic) bond motifs is 2. The molecule has 1 unspecified atom stereocenters. The summed E-state index contributed by atoms with van der Waals surface area (Å²) in [6, 6.07) is 11.7. The van der Waals surface area contributed by atoms with Crippen LogP contribution in [-0.4, -0.2) is 17.5 Å². The van der Waals surface area contributed by atoms with Crippen LogP contribution < -0.4 is 15.1 Å².